The van der Waals surface area contributed by atoms with Gasteiger partial charge in [0.05, 0.1) is 6.04 Å². The van der Waals surface area contributed by atoms with E-state index in [1.807, 2.05) is 12.1 Å². The van der Waals surface area contributed by atoms with Gasteiger partial charge in [0.25, 0.3) is 0 Å². The number of hydrogen-bond acceptors (Lipinski definition) is 2. The number of nitrogens with one attached hydrogen (secondary N) is 1. The first-order chi connectivity index (χ1) is 12.5. The Morgan fingerprint density at radius 1 is 1.12 bits per heavy atom. The first-order valence-corrected chi connectivity index (χ1v) is 9.25. The Labute approximate surface area is 157 Å². The Kier molecular flexibility index (Phi) is 5.62. The van der Waals surface area contributed by atoms with E-state index in [4.69, 9.17) is 5.73 Å². The fourth-order valence-corrected chi connectivity index (χ4v) is 3.47. The Morgan fingerprint density at radius 3 is 2.54 bits per heavy atom. The van der Waals surface area contributed by atoms with Gasteiger partial charge in [-0.05, 0) is 61.1 Å². The molecule has 0 aliphatic heterocycles. The molecule has 2 aromatic carbocycles. The minimum Gasteiger partial charge on any atom is -0.399 e. The van der Waals surface area contributed by atoms with Gasteiger partial charge in [0.15, 0.2) is 0 Å². The van der Waals surface area contributed by atoms with Crippen molar-refractivity contribution in [3.63, 3.8) is 0 Å². The zero-order valence-electron chi connectivity index (χ0n) is 15.8. The summed E-state index contributed by atoms with van der Waals surface area (Å²) in [5.41, 5.74) is 14.0. The zero-order chi connectivity index (χ0) is 18.5. The molecule has 1 aliphatic carbocycles. The Hall–Kier alpha value is -2.74. The van der Waals surface area contributed by atoms with Crippen molar-refractivity contribution in [1.29, 1.82) is 0 Å². The highest BCUT2D eigenvalue weighted by molar-refractivity contribution is 5.43. The zero-order valence-corrected chi connectivity index (χ0v) is 15.8. The molecule has 0 spiro atoms. The molecule has 0 bridgehead atoms. The molecular formula is C24H28N2. The van der Waals surface area contributed by atoms with Crippen molar-refractivity contribution in [2.45, 2.75) is 39.2 Å². The second kappa shape index (κ2) is 8.09. The summed E-state index contributed by atoms with van der Waals surface area (Å²) in [6.45, 7) is 8.61. The third-order valence-corrected chi connectivity index (χ3v) is 4.84. The van der Waals surface area contributed by atoms with Gasteiger partial charge in [0.2, 0.25) is 0 Å². The maximum absolute atomic E-state index is 5.79. The maximum Gasteiger partial charge on any atom is 0.0764 e. The summed E-state index contributed by atoms with van der Waals surface area (Å²) in [6.07, 6.45) is 9.86. The standard InChI is InChI=1S/C24H28N2/c1-17-9-14-23(18(2)15-17)24(21-7-5-4-6-8-21)26-19(3)16-20-10-12-22(25)13-11-20/h5,7-15,24,26H,3-4,6,16,25H2,1-2H3. The van der Waals surface area contributed by atoms with Gasteiger partial charge in [0, 0.05) is 17.8 Å². The summed E-state index contributed by atoms with van der Waals surface area (Å²) in [4.78, 5) is 0. The highest BCUT2D eigenvalue weighted by Crippen LogP contribution is 2.30. The topological polar surface area (TPSA) is 38.0 Å². The number of allylic oxidation sites excluding steroid dienone is 3. The Bertz CT molecular complexity index is 841. The van der Waals surface area contributed by atoms with Crippen LogP contribution in [0.25, 0.3) is 0 Å². The second-order valence-corrected chi connectivity index (χ2v) is 7.14. The fourth-order valence-electron chi connectivity index (χ4n) is 3.47. The largest absolute Gasteiger partial charge is 0.399 e. The van der Waals surface area contributed by atoms with Crippen LogP contribution in [0.1, 0.15) is 41.1 Å². The monoisotopic (exact) mass is 344 g/mol. The van der Waals surface area contributed by atoms with E-state index in [2.05, 4.69) is 74.3 Å². The van der Waals surface area contributed by atoms with Gasteiger partial charge in [-0.1, -0.05) is 60.7 Å². The molecule has 1 atom stereocenters. The van der Waals surface area contributed by atoms with Gasteiger partial charge < -0.3 is 11.1 Å². The fraction of sp³-hybridized carbons (Fsp3) is 0.250. The molecule has 1 unspecified atom stereocenters. The van der Waals surface area contributed by atoms with Crippen molar-refractivity contribution in [3.8, 4) is 0 Å². The average Bonchev–Trinajstić information content (AvgIpc) is 2.63. The van der Waals surface area contributed by atoms with Crippen molar-refractivity contribution in [1.82, 2.24) is 5.32 Å². The smallest absolute Gasteiger partial charge is 0.0764 e. The summed E-state index contributed by atoms with van der Waals surface area (Å²) in [5, 5.41) is 3.68. The first kappa shape index (κ1) is 18.1. The van der Waals surface area contributed by atoms with E-state index in [0.29, 0.717) is 0 Å². The molecule has 3 rings (SSSR count). The lowest BCUT2D eigenvalue weighted by atomic mass is 9.90. The molecule has 2 aromatic rings. The first-order valence-electron chi connectivity index (χ1n) is 9.25. The summed E-state index contributed by atoms with van der Waals surface area (Å²) in [6, 6.07) is 14.8. The maximum atomic E-state index is 5.79. The highest BCUT2D eigenvalue weighted by Gasteiger charge is 2.18. The average molecular weight is 345 g/mol. The lowest BCUT2D eigenvalue weighted by Crippen LogP contribution is -2.24. The van der Waals surface area contributed by atoms with Gasteiger partial charge in [-0.15, -0.1) is 0 Å². The van der Waals surface area contributed by atoms with Crippen LogP contribution in [0.5, 0.6) is 0 Å². The number of aryl methyl sites for hydroxylation is 2. The minimum atomic E-state index is 0.133. The lowest BCUT2D eigenvalue weighted by Gasteiger charge is -2.26. The van der Waals surface area contributed by atoms with Crippen LogP contribution >= 0.6 is 0 Å². The molecule has 0 heterocycles. The molecule has 1 aliphatic rings. The molecule has 0 saturated heterocycles. The van der Waals surface area contributed by atoms with Crippen molar-refractivity contribution in [2.75, 3.05) is 5.73 Å². The van der Waals surface area contributed by atoms with Crippen LogP contribution in [-0.2, 0) is 6.42 Å². The number of nitrogen functional groups attached to an aromatic ring is 1. The van der Waals surface area contributed by atoms with Crippen LogP contribution < -0.4 is 11.1 Å². The highest BCUT2D eigenvalue weighted by atomic mass is 14.9. The number of nitrogens with two attached hydrogens (primary N) is 1. The number of rotatable bonds is 6. The van der Waals surface area contributed by atoms with Crippen LogP contribution in [-0.4, -0.2) is 0 Å². The van der Waals surface area contributed by atoms with Crippen molar-refractivity contribution in [2.24, 2.45) is 0 Å². The van der Waals surface area contributed by atoms with Crippen molar-refractivity contribution < 1.29 is 0 Å². The van der Waals surface area contributed by atoms with Gasteiger partial charge in [-0.25, -0.2) is 0 Å². The second-order valence-electron chi connectivity index (χ2n) is 7.14. The quantitative estimate of drug-likeness (QED) is 0.674. The van der Waals surface area contributed by atoms with E-state index in [1.54, 1.807) is 0 Å². The molecule has 134 valence electrons. The van der Waals surface area contributed by atoms with E-state index in [9.17, 15) is 0 Å². The van der Waals surface area contributed by atoms with Crippen LogP contribution in [0.3, 0.4) is 0 Å². The van der Waals surface area contributed by atoms with Gasteiger partial charge >= 0.3 is 0 Å². The van der Waals surface area contributed by atoms with E-state index in [-0.39, 0.29) is 6.04 Å². The SMILES string of the molecule is C=C(Cc1ccc(N)cc1)NC(C1=CCCC=C1)c1ccc(C)cc1C. The molecule has 26 heavy (non-hydrogen) atoms. The normalized spacial score (nSPS) is 14.6. The molecule has 0 saturated carbocycles. The van der Waals surface area contributed by atoms with Gasteiger partial charge in [-0.2, -0.15) is 0 Å². The summed E-state index contributed by atoms with van der Waals surface area (Å²) in [7, 11) is 0. The number of anilines is 1. The van der Waals surface area contributed by atoms with Gasteiger partial charge in [0.1, 0.15) is 0 Å². The molecule has 0 fully saturated rings. The van der Waals surface area contributed by atoms with Crippen LogP contribution in [0.2, 0.25) is 0 Å². The number of hydrogen-bond donors (Lipinski definition) is 2. The molecule has 2 nitrogen and oxygen atoms in total. The van der Waals surface area contributed by atoms with Crippen molar-refractivity contribution >= 4 is 5.69 Å². The Morgan fingerprint density at radius 2 is 1.88 bits per heavy atom. The summed E-state index contributed by atoms with van der Waals surface area (Å²) in [5.74, 6) is 0. The van der Waals surface area contributed by atoms with Crippen LogP contribution in [0, 0.1) is 13.8 Å². The third-order valence-electron chi connectivity index (χ3n) is 4.84. The van der Waals surface area contributed by atoms with Crippen LogP contribution in [0.4, 0.5) is 5.69 Å². The molecular weight excluding hydrogens is 316 g/mol. The molecule has 2 heteroatoms. The Balaban J connectivity index is 1.83. The minimum absolute atomic E-state index is 0.133. The lowest BCUT2D eigenvalue weighted by molar-refractivity contribution is 0.667. The summed E-state index contributed by atoms with van der Waals surface area (Å²) < 4.78 is 0. The molecule has 0 aromatic heterocycles. The van der Waals surface area contributed by atoms with E-state index >= 15 is 0 Å². The summed E-state index contributed by atoms with van der Waals surface area (Å²) >= 11 is 0. The number of benzene rings is 2. The molecule has 0 radical (unpaired) electrons. The van der Waals surface area contributed by atoms with Crippen molar-refractivity contribution in [3.05, 3.63) is 101 Å². The van der Waals surface area contributed by atoms with E-state index < -0.39 is 0 Å². The third kappa shape index (κ3) is 4.45. The van der Waals surface area contributed by atoms with Crippen LogP contribution in [0.15, 0.2) is 78.5 Å². The van der Waals surface area contributed by atoms with Gasteiger partial charge in [-0.3, -0.25) is 0 Å². The predicted octanol–water partition coefficient (Wildman–Crippen LogP) is 5.55. The molecule has 0 amide bonds. The predicted molar refractivity (Wildman–Crippen MR) is 112 cm³/mol. The molecule has 3 N–H and O–H groups in total. The van der Waals surface area contributed by atoms with E-state index in [0.717, 1.165) is 30.6 Å². The van der Waals surface area contributed by atoms with E-state index in [1.165, 1.54) is 27.8 Å².